The van der Waals surface area contributed by atoms with E-state index in [-0.39, 0.29) is 24.1 Å². The van der Waals surface area contributed by atoms with Crippen molar-refractivity contribution in [2.24, 2.45) is 15.0 Å². The van der Waals surface area contributed by atoms with E-state index in [1.54, 1.807) is 0 Å². The highest BCUT2D eigenvalue weighted by atomic mass is 19.1. The standard InChI is InChI=1S/C11H14FN5O3/c1-5-6(18)7(19)8(20-5)17-4-16-11(12)9(13-2)14-3-15-10(11)17/h4,6-8,18-19H,1,3H2,2H3,(H,13,14)/t6-,7-,8-,11?/m1/s1. The van der Waals surface area contributed by atoms with Crippen molar-refractivity contribution in [2.45, 2.75) is 24.2 Å². The lowest BCUT2D eigenvalue weighted by molar-refractivity contribution is -0.0140. The third-order valence-corrected chi connectivity index (χ3v) is 3.41. The Morgan fingerprint density at radius 3 is 3.00 bits per heavy atom. The predicted molar refractivity (Wildman–Crippen MR) is 69.0 cm³/mol. The zero-order valence-electron chi connectivity index (χ0n) is 10.7. The number of alkyl halides is 1. The van der Waals surface area contributed by atoms with E-state index in [0.29, 0.717) is 0 Å². The predicted octanol–water partition coefficient (Wildman–Crippen LogP) is -1.42. The minimum Gasteiger partial charge on any atom is -0.469 e. The fourth-order valence-electron chi connectivity index (χ4n) is 2.36. The summed E-state index contributed by atoms with van der Waals surface area (Å²) in [4.78, 5) is 12.8. The second-order valence-corrected chi connectivity index (χ2v) is 4.57. The van der Waals surface area contributed by atoms with Gasteiger partial charge in [0.15, 0.2) is 11.7 Å². The van der Waals surface area contributed by atoms with Crippen LogP contribution in [0.3, 0.4) is 0 Å². The number of aliphatic imine (C=N–C) groups is 3. The summed E-state index contributed by atoms with van der Waals surface area (Å²) >= 11 is 0. The molecule has 0 radical (unpaired) electrons. The van der Waals surface area contributed by atoms with Crippen LogP contribution in [0, 0.1) is 0 Å². The Hall–Kier alpha value is -2.00. The topological polar surface area (TPSA) is 102 Å². The quantitative estimate of drug-likeness (QED) is 0.512. The molecule has 3 rings (SSSR count). The number of nitrogens with zero attached hydrogens (tertiary/aromatic N) is 4. The minimum atomic E-state index is -2.22. The Balaban J connectivity index is 1.94. The first-order valence-corrected chi connectivity index (χ1v) is 5.99. The van der Waals surface area contributed by atoms with Crippen molar-refractivity contribution in [3.63, 3.8) is 0 Å². The van der Waals surface area contributed by atoms with E-state index in [9.17, 15) is 14.6 Å². The van der Waals surface area contributed by atoms with Gasteiger partial charge in [-0.15, -0.1) is 0 Å². The Labute approximate surface area is 114 Å². The van der Waals surface area contributed by atoms with Gasteiger partial charge in [0.2, 0.25) is 6.23 Å². The first kappa shape index (κ1) is 13.0. The molecule has 0 aromatic rings. The number of aliphatic hydroxyl groups is 2. The molecule has 1 unspecified atom stereocenters. The maximum absolute atomic E-state index is 14.9. The van der Waals surface area contributed by atoms with Crippen molar-refractivity contribution < 1.29 is 19.3 Å². The zero-order valence-corrected chi connectivity index (χ0v) is 10.7. The fraction of sp³-hybridized carbons (Fsp3) is 0.545. The van der Waals surface area contributed by atoms with E-state index < -0.39 is 24.2 Å². The van der Waals surface area contributed by atoms with Gasteiger partial charge in [-0.25, -0.2) is 9.98 Å². The summed E-state index contributed by atoms with van der Waals surface area (Å²) in [5.41, 5.74) is 0. The molecule has 3 N–H and O–H groups in total. The van der Waals surface area contributed by atoms with Gasteiger partial charge in [0.05, 0.1) is 6.34 Å². The van der Waals surface area contributed by atoms with Crippen LogP contribution in [0.25, 0.3) is 0 Å². The minimum absolute atomic E-state index is 0.0196. The molecule has 0 amide bonds. The Kier molecular flexibility index (Phi) is 2.76. The summed E-state index contributed by atoms with van der Waals surface area (Å²) in [5.74, 6) is -2.20. The number of hydrogen-bond acceptors (Lipinski definition) is 7. The van der Waals surface area contributed by atoms with Crippen LogP contribution in [0.1, 0.15) is 0 Å². The van der Waals surface area contributed by atoms with Gasteiger partial charge in [-0.1, -0.05) is 6.58 Å². The van der Waals surface area contributed by atoms with Crippen molar-refractivity contribution in [2.75, 3.05) is 13.7 Å². The molecule has 0 saturated carbocycles. The van der Waals surface area contributed by atoms with Gasteiger partial charge in [0.1, 0.15) is 24.6 Å². The van der Waals surface area contributed by atoms with E-state index in [0.717, 1.165) is 0 Å². The largest absolute Gasteiger partial charge is 0.469 e. The molecular weight excluding hydrogens is 269 g/mol. The second-order valence-electron chi connectivity index (χ2n) is 4.57. The molecule has 0 aliphatic carbocycles. The van der Waals surface area contributed by atoms with Crippen molar-refractivity contribution in [3.8, 4) is 0 Å². The van der Waals surface area contributed by atoms with Gasteiger partial charge >= 0.3 is 5.79 Å². The van der Waals surface area contributed by atoms with Gasteiger partial charge < -0.3 is 20.3 Å². The average Bonchev–Trinajstić information content (AvgIpc) is 2.90. The molecule has 3 heterocycles. The molecule has 1 saturated heterocycles. The molecule has 0 aromatic carbocycles. The maximum Gasteiger partial charge on any atom is 0.316 e. The summed E-state index contributed by atoms with van der Waals surface area (Å²) < 4.78 is 20.1. The van der Waals surface area contributed by atoms with Crippen LogP contribution in [0.15, 0.2) is 27.3 Å². The van der Waals surface area contributed by atoms with Crippen molar-refractivity contribution in [3.05, 3.63) is 12.3 Å². The molecule has 1 fully saturated rings. The normalized spacial score (nSPS) is 41.5. The van der Waals surface area contributed by atoms with Gasteiger partial charge in [0, 0.05) is 7.05 Å². The van der Waals surface area contributed by atoms with Gasteiger partial charge in [-0.2, -0.15) is 4.39 Å². The van der Waals surface area contributed by atoms with Crippen molar-refractivity contribution >= 4 is 18.0 Å². The van der Waals surface area contributed by atoms with Gasteiger partial charge in [-0.05, 0) is 0 Å². The molecule has 0 aromatic heterocycles. The molecule has 0 spiro atoms. The molecule has 3 aliphatic heterocycles. The lowest BCUT2D eigenvalue weighted by Crippen LogP contribution is -2.57. The number of aliphatic hydroxyl groups excluding tert-OH is 2. The first-order valence-electron chi connectivity index (χ1n) is 5.99. The number of ether oxygens (including phenoxy) is 1. The fourth-order valence-corrected chi connectivity index (χ4v) is 2.36. The SMILES string of the molecule is C=C1O[C@@H](N2C=NC3(F)C(=NC)NCN=C23)[C@H](O)[C@@H]1O. The molecule has 9 heteroatoms. The third-order valence-electron chi connectivity index (χ3n) is 3.41. The zero-order chi connectivity index (χ0) is 14.5. The van der Waals surface area contributed by atoms with Crippen LogP contribution < -0.4 is 5.32 Å². The number of halogens is 1. The van der Waals surface area contributed by atoms with E-state index >= 15 is 0 Å². The highest BCUT2D eigenvalue weighted by Gasteiger charge is 2.54. The van der Waals surface area contributed by atoms with Crippen LogP contribution in [-0.2, 0) is 4.74 Å². The van der Waals surface area contributed by atoms with Crippen LogP contribution in [0.5, 0.6) is 0 Å². The lowest BCUT2D eigenvalue weighted by atomic mass is 10.1. The monoisotopic (exact) mass is 283 g/mol. The number of rotatable bonds is 1. The number of amidine groups is 2. The molecule has 108 valence electrons. The second kappa shape index (κ2) is 4.25. The number of fused-ring (bicyclic) bond motifs is 1. The van der Waals surface area contributed by atoms with Crippen molar-refractivity contribution in [1.29, 1.82) is 0 Å². The smallest absolute Gasteiger partial charge is 0.316 e. The van der Waals surface area contributed by atoms with Crippen LogP contribution in [0.2, 0.25) is 0 Å². The van der Waals surface area contributed by atoms with E-state index in [1.807, 2.05) is 0 Å². The average molecular weight is 283 g/mol. The summed E-state index contributed by atoms with van der Waals surface area (Å²) in [7, 11) is 1.44. The van der Waals surface area contributed by atoms with Crippen LogP contribution in [-0.4, -0.2) is 71.1 Å². The molecule has 8 nitrogen and oxygen atoms in total. The molecular formula is C11H14FN5O3. The number of hydrogen-bond donors (Lipinski definition) is 3. The lowest BCUT2D eigenvalue weighted by Gasteiger charge is -2.31. The maximum atomic E-state index is 14.9. The van der Waals surface area contributed by atoms with E-state index in [2.05, 4.69) is 26.9 Å². The van der Waals surface area contributed by atoms with Gasteiger partial charge in [0.25, 0.3) is 0 Å². The Morgan fingerprint density at radius 2 is 2.40 bits per heavy atom. The highest BCUT2D eigenvalue weighted by molar-refractivity contribution is 6.19. The molecule has 20 heavy (non-hydrogen) atoms. The number of nitrogens with one attached hydrogen (secondary N) is 1. The molecule has 0 bridgehead atoms. The first-order chi connectivity index (χ1) is 9.49. The van der Waals surface area contributed by atoms with E-state index in [4.69, 9.17) is 4.74 Å². The molecule has 4 atom stereocenters. The van der Waals surface area contributed by atoms with Crippen molar-refractivity contribution in [1.82, 2.24) is 10.2 Å². The Bertz CT molecular complexity index is 548. The molecule has 3 aliphatic rings. The third kappa shape index (κ3) is 1.56. The van der Waals surface area contributed by atoms with Crippen LogP contribution in [0.4, 0.5) is 4.39 Å². The highest BCUT2D eigenvalue weighted by Crippen LogP contribution is 2.33. The van der Waals surface area contributed by atoms with Gasteiger partial charge in [-0.3, -0.25) is 9.89 Å². The Morgan fingerprint density at radius 1 is 1.65 bits per heavy atom. The summed E-state index contributed by atoms with van der Waals surface area (Å²) in [6.07, 6.45) is -2.34. The van der Waals surface area contributed by atoms with E-state index in [1.165, 1.54) is 18.3 Å². The summed E-state index contributed by atoms with van der Waals surface area (Å²) in [6, 6.07) is 0. The summed E-state index contributed by atoms with van der Waals surface area (Å²) in [6.45, 7) is 3.63. The van der Waals surface area contributed by atoms with Crippen LogP contribution >= 0.6 is 0 Å². The summed E-state index contributed by atoms with van der Waals surface area (Å²) in [5, 5.41) is 22.3.